The maximum absolute atomic E-state index is 14.6. The standard InChI is InChI=1S/C22H25ClFN5/c1-13-7-20(24)18(15-3-5-25-6-4-15)9-16(13)10-22-26-12-19(23)21(27-22)11-17-8-14(2)28-29-17/h7-9,12,15,25H,3-6,10-11H2,1-2H3,(H,28,29). The van der Waals surface area contributed by atoms with Crippen LogP contribution in [-0.4, -0.2) is 33.3 Å². The van der Waals surface area contributed by atoms with Crippen LogP contribution in [0.4, 0.5) is 4.39 Å². The Hall–Kier alpha value is -2.31. The largest absolute Gasteiger partial charge is 0.317 e. The van der Waals surface area contributed by atoms with Gasteiger partial charge >= 0.3 is 0 Å². The van der Waals surface area contributed by atoms with E-state index < -0.39 is 0 Å². The van der Waals surface area contributed by atoms with Gasteiger partial charge in [0.1, 0.15) is 11.6 Å². The second kappa shape index (κ2) is 8.59. The molecule has 0 atom stereocenters. The molecule has 3 heterocycles. The molecule has 1 saturated heterocycles. The van der Waals surface area contributed by atoms with Gasteiger partial charge in [0.05, 0.1) is 16.4 Å². The van der Waals surface area contributed by atoms with Crippen LogP contribution < -0.4 is 5.32 Å². The Bertz CT molecular complexity index is 1010. The van der Waals surface area contributed by atoms with Crippen LogP contribution in [0.3, 0.4) is 0 Å². The van der Waals surface area contributed by atoms with Crippen LogP contribution in [-0.2, 0) is 12.8 Å². The summed E-state index contributed by atoms with van der Waals surface area (Å²) >= 11 is 6.32. The number of aromatic nitrogens is 4. The summed E-state index contributed by atoms with van der Waals surface area (Å²) in [6.45, 7) is 5.77. The molecule has 1 aliphatic rings. The third-order valence-corrected chi connectivity index (χ3v) is 5.87. The zero-order valence-corrected chi connectivity index (χ0v) is 17.5. The van der Waals surface area contributed by atoms with Gasteiger partial charge in [0, 0.05) is 24.7 Å². The first-order chi connectivity index (χ1) is 14.0. The van der Waals surface area contributed by atoms with Crippen molar-refractivity contribution < 1.29 is 4.39 Å². The number of aromatic amines is 1. The Balaban J connectivity index is 1.59. The van der Waals surface area contributed by atoms with Gasteiger partial charge in [-0.2, -0.15) is 5.10 Å². The Morgan fingerprint density at radius 3 is 2.66 bits per heavy atom. The molecule has 0 aliphatic carbocycles. The molecule has 0 spiro atoms. The van der Waals surface area contributed by atoms with E-state index in [1.807, 2.05) is 26.0 Å². The molecule has 5 nitrogen and oxygen atoms in total. The topological polar surface area (TPSA) is 66.5 Å². The van der Waals surface area contributed by atoms with Gasteiger partial charge < -0.3 is 5.32 Å². The van der Waals surface area contributed by atoms with Crippen LogP contribution in [0.2, 0.25) is 5.02 Å². The highest BCUT2D eigenvalue weighted by atomic mass is 35.5. The van der Waals surface area contributed by atoms with Crippen molar-refractivity contribution in [2.75, 3.05) is 13.1 Å². The maximum Gasteiger partial charge on any atom is 0.133 e. The first kappa shape index (κ1) is 20.0. The van der Waals surface area contributed by atoms with Crippen LogP contribution in [0, 0.1) is 19.7 Å². The molecular formula is C22H25ClFN5. The van der Waals surface area contributed by atoms with Crippen molar-refractivity contribution in [2.24, 2.45) is 0 Å². The first-order valence-electron chi connectivity index (χ1n) is 10.0. The minimum atomic E-state index is -0.107. The lowest BCUT2D eigenvalue weighted by Crippen LogP contribution is -2.27. The second-order valence-electron chi connectivity index (χ2n) is 7.80. The molecule has 1 fully saturated rings. The fourth-order valence-electron chi connectivity index (χ4n) is 3.93. The molecule has 0 radical (unpaired) electrons. The molecule has 2 N–H and O–H groups in total. The van der Waals surface area contributed by atoms with Gasteiger partial charge in [0.15, 0.2) is 0 Å². The Morgan fingerprint density at radius 2 is 1.93 bits per heavy atom. The van der Waals surface area contributed by atoms with E-state index in [0.29, 0.717) is 23.7 Å². The van der Waals surface area contributed by atoms with Gasteiger partial charge in [0.2, 0.25) is 0 Å². The van der Waals surface area contributed by atoms with E-state index in [1.165, 1.54) is 0 Å². The third-order valence-electron chi connectivity index (χ3n) is 5.56. The number of nitrogens with zero attached hydrogens (tertiary/aromatic N) is 3. The molecular weight excluding hydrogens is 389 g/mol. The monoisotopic (exact) mass is 413 g/mol. The number of piperidine rings is 1. The Kier molecular flexibility index (Phi) is 5.92. The average Bonchev–Trinajstić information content (AvgIpc) is 3.12. The van der Waals surface area contributed by atoms with E-state index in [4.69, 9.17) is 11.6 Å². The van der Waals surface area contributed by atoms with Crippen LogP contribution in [0.25, 0.3) is 0 Å². The van der Waals surface area contributed by atoms with E-state index in [0.717, 1.165) is 59.7 Å². The molecule has 29 heavy (non-hydrogen) atoms. The number of hydrogen-bond acceptors (Lipinski definition) is 4. The van der Waals surface area contributed by atoms with Crippen LogP contribution in [0.15, 0.2) is 24.4 Å². The Labute approximate surface area is 175 Å². The summed E-state index contributed by atoms with van der Waals surface area (Å²) in [4.78, 5) is 9.09. The summed E-state index contributed by atoms with van der Waals surface area (Å²) in [7, 11) is 0. The van der Waals surface area contributed by atoms with Gasteiger partial charge in [-0.1, -0.05) is 17.7 Å². The highest BCUT2D eigenvalue weighted by molar-refractivity contribution is 6.31. The molecule has 152 valence electrons. The summed E-state index contributed by atoms with van der Waals surface area (Å²) in [5.74, 6) is 0.840. The lowest BCUT2D eigenvalue weighted by molar-refractivity contribution is 0.444. The molecule has 0 amide bonds. The average molecular weight is 414 g/mol. The zero-order chi connectivity index (χ0) is 20.4. The summed E-state index contributed by atoms with van der Waals surface area (Å²) in [5.41, 5.74) is 5.43. The van der Waals surface area contributed by atoms with Crippen molar-refractivity contribution in [1.82, 2.24) is 25.5 Å². The van der Waals surface area contributed by atoms with E-state index >= 15 is 0 Å². The van der Waals surface area contributed by atoms with Crippen molar-refractivity contribution in [3.63, 3.8) is 0 Å². The number of nitrogens with one attached hydrogen (secondary N) is 2. The molecule has 4 rings (SSSR count). The number of H-pyrrole nitrogens is 1. The van der Waals surface area contributed by atoms with Crippen molar-refractivity contribution in [1.29, 1.82) is 0 Å². The van der Waals surface area contributed by atoms with Crippen LogP contribution >= 0.6 is 11.6 Å². The van der Waals surface area contributed by atoms with Crippen molar-refractivity contribution in [3.8, 4) is 0 Å². The molecule has 1 aliphatic heterocycles. The molecule has 3 aromatic rings. The summed E-state index contributed by atoms with van der Waals surface area (Å²) in [6.07, 6.45) is 4.66. The summed E-state index contributed by atoms with van der Waals surface area (Å²) < 4.78 is 14.6. The third kappa shape index (κ3) is 4.65. The number of rotatable bonds is 5. The smallest absolute Gasteiger partial charge is 0.133 e. The fraction of sp³-hybridized carbons (Fsp3) is 0.409. The Morgan fingerprint density at radius 1 is 1.14 bits per heavy atom. The molecule has 7 heteroatoms. The van der Waals surface area contributed by atoms with Gasteiger partial charge in [0.25, 0.3) is 0 Å². The predicted molar refractivity (Wildman–Crippen MR) is 112 cm³/mol. The molecule has 1 aromatic carbocycles. The normalized spacial score (nSPS) is 15.0. The number of aryl methyl sites for hydroxylation is 2. The van der Waals surface area contributed by atoms with Crippen LogP contribution in [0.5, 0.6) is 0 Å². The van der Waals surface area contributed by atoms with E-state index in [9.17, 15) is 4.39 Å². The maximum atomic E-state index is 14.6. The highest BCUT2D eigenvalue weighted by Gasteiger charge is 2.20. The molecule has 0 unspecified atom stereocenters. The van der Waals surface area contributed by atoms with E-state index in [-0.39, 0.29) is 11.7 Å². The van der Waals surface area contributed by atoms with Crippen LogP contribution in [0.1, 0.15) is 58.4 Å². The molecule has 0 saturated carbocycles. The quantitative estimate of drug-likeness (QED) is 0.656. The van der Waals surface area contributed by atoms with E-state index in [2.05, 4.69) is 25.5 Å². The summed E-state index contributed by atoms with van der Waals surface area (Å²) in [5, 5.41) is 11.1. The number of halogens is 2. The molecule has 2 aromatic heterocycles. The minimum Gasteiger partial charge on any atom is -0.317 e. The van der Waals surface area contributed by atoms with Gasteiger partial charge in [-0.15, -0.1) is 0 Å². The lowest BCUT2D eigenvalue weighted by atomic mass is 9.87. The predicted octanol–water partition coefficient (Wildman–Crippen LogP) is 4.26. The first-order valence-corrected chi connectivity index (χ1v) is 10.4. The van der Waals surface area contributed by atoms with Gasteiger partial charge in [-0.25, -0.2) is 14.4 Å². The van der Waals surface area contributed by atoms with Crippen molar-refractivity contribution in [2.45, 2.75) is 45.4 Å². The SMILES string of the molecule is Cc1cc(Cc2nc(Cc3cc(C4CCNCC4)c(F)cc3C)ncc2Cl)n[nH]1. The minimum absolute atomic E-state index is 0.107. The van der Waals surface area contributed by atoms with Crippen molar-refractivity contribution >= 4 is 11.6 Å². The number of benzene rings is 1. The summed E-state index contributed by atoms with van der Waals surface area (Å²) in [6, 6.07) is 5.64. The van der Waals surface area contributed by atoms with Gasteiger partial charge in [-0.05, 0) is 74.5 Å². The number of hydrogen-bond donors (Lipinski definition) is 2. The van der Waals surface area contributed by atoms with Gasteiger partial charge in [-0.3, -0.25) is 5.10 Å². The van der Waals surface area contributed by atoms with E-state index in [1.54, 1.807) is 12.3 Å². The fourth-order valence-corrected chi connectivity index (χ4v) is 4.09. The lowest BCUT2D eigenvalue weighted by Gasteiger charge is -2.24. The second-order valence-corrected chi connectivity index (χ2v) is 8.21. The zero-order valence-electron chi connectivity index (χ0n) is 16.7. The highest BCUT2D eigenvalue weighted by Crippen LogP contribution is 2.30. The van der Waals surface area contributed by atoms with Crippen molar-refractivity contribution in [3.05, 3.63) is 74.8 Å². The molecule has 0 bridgehead atoms.